The van der Waals surface area contributed by atoms with E-state index in [0.717, 1.165) is 16.8 Å². The number of hydrogen-bond acceptors (Lipinski definition) is 7. The average Bonchev–Trinajstić information content (AvgIpc) is 2.86. The fourth-order valence-corrected chi connectivity index (χ4v) is 6.13. The van der Waals surface area contributed by atoms with Crippen molar-refractivity contribution in [2.75, 3.05) is 26.7 Å². The minimum absolute atomic E-state index is 0.111. The van der Waals surface area contributed by atoms with Gasteiger partial charge >= 0.3 is 0 Å². The van der Waals surface area contributed by atoms with Crippen LogP contribution in [0.25, 0.3) is 11.1 Å². The van der Waals surface area contributed by atoms with Crippen LogP contribution in [0.3, 0.4) is 0 Å². The molecule has 3 aromatic rings. The topological polar surface area (TPSA) is 95.9 Å². The van der Waals surface area contributed by atoms with E-state index in [1.165, 1.54) is 4.31 Å². The minimum Gasteiger partial charge on any atom is -0.487 e. The van der Waals surface area contributed by atoms with E-state index in [1.807, 2.05) is 44.3 Å². The van der Waals surface area contributed by atoms with Gasteiger partial charge in [-0.3, -0.25) is 14.9 Å². The third-order valence-corrected chi connectivity index (χ3v) is 8.35. The van der Waals surface area contributed by atoms with E-state index >= 15 is 0 Å². The quantitative estimate of drug-likeness (QED) is 0.537. The van der Waals surface area contributed by atoms with Crippen molar-refractivity contribution >= 4 is 10.0 Å². The molecule has 1 N–H and O–H groups in total. The zero-order valence-electron chi connectivity index (χ0n) is 20.3. The summed E-state index contributed by atoms with van der Waals surface area (Å²) in [5, 5.41) is 9.83. The molecule has 0 fully saturated rings. The van der Waals surface area contributed by atoms with E-state index in [-0.39, 0.29) is 30.1 Å². The molecule has 3 heterocycles. The molecule has 0 unspecified atom stereocenters. The molecule has 2 aromatic heterocycles. The summed E-state index contributed by atoms with van der Waals surface area (Å²) in [5.74, 6) is 0.194. The van der Waals surface area contributed by atoms with Crippen molar-refractivity contribution < 1.29 is 18.3 Å². The molecule has 0 saturated carbocycles. The molecule has 0 bridgehead atoms. The summed E-state index contributed by atoms with van der Waals surface area (Å²) in [6.45, 7) is 4.92. The van der Waals surface area contributed by atoms with Gasteiger partial charge in [-0.15, -0.1) is 0 Å². The van der Waals surface area contributed by atoms with Crippen LogP contribution in [0.4, 0.5) is 0 Å². The third-order valence-electron chi connectivity index (χ3n) is 6.33. The van der Waals surface area contributed by atoms with Gasteiger partial charge in [0.2, 0.25) is 10.0 Å². The lowest BCUT2D eigenvalue weighted by atomic mass is 10.0. The molecule has 1 aliphatic rings. The number of ether oxygens (including phenoxy) is 1. The summed E-state index contributed by atoms with van der Waals surface area (Å²) in [6.07, 6.45) is 4.89. The van der Waals surface area contributed by atoms with Gasteiger partial charge in [0.05, 0.1) is 12.3 Å². The van der Waals surface area contributed by atoms with E-state index in [2.05, 4.69) is 14.9 Å². The van der Waals surface area contributed by atoms with Gasteiger partial charge < -0.3 is 9.84 Å². The van der Waals surface area contributed by atoms with Gasteiger partial charge in [-0.05, 0) is 61.5 Å². The highest BCUT2D eigenvalue weighted by Gasteiger charge is 2.38. The number of aromatic nitrogens is 2. The lowest BCUT2D eigenvalue weighted by Crippen LogP contribution is -2.49. The highest BCUT2D eigenvalue weighted by atomic mass is 32.2. The highest BCUT2D eigenvalue weighted by Crippen LogP contribution is 2.36. The van der Waals surface area contributed by atoms with Crippen LogP contribution in [0.1, 0.15) is 19.5 Å². The van der Waals surface area contributed by atoms with Gasteiger partial charge in [0.15, 0.2) is 0 Å². The number of nitrogens with zero attached hydrogens (tertiary/aromatic N) is 4. The maximum atomic E-state index is 13.6. The van der Waals surface area contributed by atoms with E-state index in [0.29, 0.717) is 18.8 Å². The predicted octanol–water partition coefficient (Wildman–Crippen LogP) is 3.04. The van der Waals surface area contributed by atoms with E-state index < -0.39 is 16.1 Å². The van der Waals surface area contributed by atoms with Crippen molar-refractivity contribution in [1.82, 2.24) is 19.2 Å². The predicted molar refractivity (Wildman–Crippen MR) is 134 cm³/mol. The molecule has 9 heteroatoms. The van der Waals surface area contributed by atoms with Gasteiger partial charge in [-0.25, -0.2) is 8.42 Å². The summed E-state index contributed by atoms with van der Waals surface area (Å²) in [6, 6.07) is 14.2. The number of rotatable bonds is 7. The van der Waals surface area contributed by atoms with E-state index in [9.17, 15) is 13.5 Å². The maximum Gasteiger partial charge on any atom is 0.247 e. The zero-order chi connectivity index (χ0) is 25.0. The molecular weight excluding hydrogens is 464 g/mol. The molecule has 35 heavy (non-hydrogen) atoms. The number of benzene rings is 1. The van der Waals surface area contributed by atoms with Crippen LogP contribution in [0.15, 0.2) is 72.0 Å². The first-order valence-electron chi connectivity index (χ1n) is 11.7. The lowest BCUT2D eigenvalue weighted by Gasteiger charge is -2.37. The van der Waals surface area contributed by atoms with Gasteiger partial charge in [-0.2, -0.15) is 4.31 Å². The minimum atomic E-state index is -3.87. The number of hydrogen-bond donors (Lipinski definition) is 1. The van der Waals surface area contributed by atoms with E-state index in [4.69, 9.17) is 4.74 Å². The maximum absolute atomic E-state index is 13.6. The molecule has 186 valence electrons. The fraction of sp³-hybridized carbons (Fsp3) is 0.385. The van der Waals surface area contributed by atoms with Crippen LogP contribution in [-0.2, 0) is 16.6 Å². The lowest BCUT2D eigenvalue weighted by molar-refractivity contribution is 0.0731. The van der Waals surface area contributed by atoms with Crippen molar-refractivity contribution in [3.05, 3.63) is 72.8 Å². The Morgan fingerprint density at radius 2 is 1.91 bits per heavy atom. The summed E-state index contributed by atoms with van der Waals surface area (Å²) >= 11 is 0. The first-order chi connectivity index (χ1) is 16.8. The average molecular weight is 497 g/mol. The van der Waals surface area contributed by atoms with Crippen molar-refractivity contribution in [2.24, 2.45) is 5.92 Å². The first kappa shape index (κ1) is 25.2. The second kappa shape index (κ2) is 10.8. The molecule has 8 nitrogen and oxygen atoms in total. The Balaban J connectivity index is 1.72. The molecule has 1 aliphatic heterocycles. The molecular formula is C26H32N4O4S. The van der Waals surface area contributed by atoms with Crippen LogP contribution < -0.4 is 4.74 Å². The van der Waals surface area contributed by atoms with Crippen LogP contribution >= 0.6 is 0 Å². The van der Waals surface area contributed by atoms with Crippen LogP contribution in [0.5, 0.6) is 5.75 Å². The van der Waals surface area contributed by atoms with E-state index in [1.54, 1.807) is 43.7 Å². The first-order valence-corrected chi connectivity index (χ1v) is 13.2. The Kier molecular flexibility index (Phi) is 7.81. The second-order valence-electron chi connectivity index (χ2n) is 9.16. The Hall–Kier alpha value is -2.85. The molecule has 0 aliphatic carbocycles. The van der Waals surface area contributed by atoms with Gasteiger partial charge in [0.1, 0.15) is 16.7 Å². The summed E-state index contributed by atoms with van der Waals surface area (Å²) in [5.41, 5.74) is 2.72. The second-order valence-corrected chi connectivity index (χ2v) is 11.0. The Labute approximate surface area is 207 Å². The number of sulfonamides is 1. The Morgan fingerprint density at radius 1 is 1.14 bits per heavy atom. The Morgan fingerprint density at radius 3 is 2.60 bits per heavy atom. The molecule has 0 saturated heterocycles. The largest absolute Gasteiger partial charge is 0.487 e. The molecule has 0 spiro atoms. The standard InChI is InChI=1S/C26H32N4O4S/c1-19-15-30(20(2)18-31)35(32,33)26-8-7-22(21-9-12-27-13-10-21)14-24(26)34-25(19)17-29(3)16-23-6-4-5-11-28-23/h4-14,19-20,25,31H,15-18H2,1-3H3/t19-,20+,25+/m1/s1. The van der Waals surface area contributed by atoms with Crippen molar-refractivity contribution in [2.45, 2.75) is 37.4 Å². The Bertz CT molecular complexity index is 1220. The van der Waals surface area contributed by atoms with Crippen molar-refractivity contribution in [3.63, 3.8) is 0 Å². The normalized spacial score (nSPS) is 20.9. The molecule has 1 aromatic carbocycles. The smallest absolute Gasteiger partial charge is 0.247 e. The molecule has 0 amide bonds. The van der Waals surface area contributed by atoms with Gasteiger partial charge in [0, 0.05) is 50.2 Å². The molecule has 0 radical (unpaired) electrons. The number of aliphatic hydroxyl groups excluding tert-OH is 1. The van der Waals surface area contributed by atoms with Crippen molar-refractivity contribution in [3.8, 4) is 16.9 Å². The van der Waals surface area contributed by atoms with Crippen LogP contribution in [0.2, 0.25) is 0 Å². The van der Waals surface area contributed by atoms with Gasteiger partial charge in [0.25, 0.3) is 0 Å². The number of fused-ring (bicyclic) bond motifs is 1. The number of pyridine rings is 2. The van der Waals surface area contributed by atoms with Crippen molar-refractivity contribution in [1.29, 1.82) is 0 Å². The molecule has 4 rings (SSSR count). The third kappa shape index (κ3) is 5.70. The summed E-state index contributed by atoms with van der Waals surface area (Å²) in [7, 11) is -1.87. The van der Waals surface area contributed by atoms with Crippen LogP contribution in [-0.4, -0.2) is 71.6 Å². The summed E-state index contributed by atoms with van der Waals surface area (Å²) < 4.78 is 35.2. The monoisotopic (exact) mass is 496 g/mol. The molecule has 3 atom stereocenters. The number of likely N-dealkylation sites (N-methyl/N-ethyl adjacent to an activating group) is 1. The number of aliphatic hydroxyl groups is 1. The van der Waals surface area contributed by atoms with Crippen LogP contribution in [0, 0.1) is 5.92 Å². The van der Waals surface area contributed by atoms with Gasteiger partial charge in [-0.1, -0.05) is 19.1 Å². The fourth-order valence-electron chi connectivity index (χ4n) is 4.31. The highest BCUT2D eigenvalue weighted by molar-refractivity contribution is 7.89. The SMILES string of the molecule is C[C@@H]1CN([C@@H](C)CO)S(=O)(=O)c2ccc(-c3ccncc3)cc2O[C@H]1CN(C)Cc1ccccn1. The zero-order valence-corrected chi connectivity index (χ0v) is 21.1. The summed E-state index contributed by atoms with van der Waals surface area (Å²) in [4.78, 5) is 10.7.